The number of carboxylic acid groups (broad SMARTS) is 1. The molecule has 7 nitrogen and oxygen atoms in total. The van der Waals surface area contributed by atoms with Gasteiger partial charge >= 0.3 is 12.1 Å². The van der Waals surface area contributed by atoms with Gasteiger partial charge in [0.1, 0.15) is 11.9 Å². The van der Waals surface area contributed by atoms with E-state index in [1.54, 1.807) is 17.9 Å². The molecule has 3 aromatic carbocycles. The van der Waals surface area contributed by atoms with E-state index in [1.807, 2.05) is 55.5 Å². The van der Waals surface area contributed by atoms with Crippen LogP contribution in [0.1, 0.15) is 54.5 Å². The summed E-state index contributed by atoms with van der Waals surface area (Å²) in [5, 5.41) is 17.1. The molecule has 39 heavy (non-hydrogen) atoms. The topological polar surface area (TPSA) is 93.4 Å². The predicted molar refractivity (Wildman–Crippen MR) is 150 cm³/mol. The second-order valence-corrected chi connectivity index (χ2v) is 10.5. The predicted octanol–water partition coefficient (Wildman–Crippen LogP) is 6.67. The zero-order valence-electron chi connectivity index (χ0n) is 22.1. The number of aromatic nitrogens is 2. The van der Waals surface area contributed by atoms with E-state index in [0.29, 0.717) is 5.82 Å². The van der Waals surface area contributed by atoms with Gasteiger partial charge < -0.3 is 9.84 Å². The highest BCUT2D eigenvalue weighted by Crippen LogP contribution is 2.52. The largest absolute Gasteiger partial charge is 0.481 e. The van der Waals surface area contributed by atoms with Gasteiger partial charge in [0.2, 0.25) is 0 Å². The standard InChI is InChI=1S/C32H31N3O4/c1-20(21-7-4-3-5-8-21)39-31(38)34-29-27(19-33-35(29)2)23-13-11-22(12-14-23)24-15-16-28(26-10-6-9-25(24)26)32(17-18-32)30(36)37/h3-5,7-8,11-16,19-20H,6,9-10,17-18H2,1-2H3,(H,34,38)(H,36,37)/t20-/m1/s1. The molecule has 198 valence electrons. The minimum atomic E-state index is -0.701. The number of anilines is 1. The number of carbonyl (C=O) groups is 2. The zero-order chi connectivity index (χ0) is 27.1. The van der Waals surface area contributed by atoms with Gasteiger partial charge in [-0.3, -0.25) is 14.8 Å². The summed E-state index contributed by atoms with van der Waals surface area (Å²) in [5.41, 5.74) is 7.76. The van der Waals surface area contributed by atoms with Crippen LogP contribution < -0.4 is 5.32 Å². The normalized spacial score (nSPS) is 15.8. The Morgan fingerprint density at radius 3 is 2.28 bits per heavy atom. The Labute approximate surface area is 227 Å². The monoisotopic (exact) mass is 521 g/mol. The molecule has 0 bridgehead atoms. The maximum Gasteiger partial charge on any atom is 0.413 e. The third-order valence-electron chi connectivity index (χ3n) is 8.18. The number of hydrogen-bond acceptors (Lipinski definition) is 4. The summed E-state index contributed by atoms with van der Waals surface area (Å²) in [6.07, 6.45) is 5.21. The van der Waals surface area contributed by atoms with Gasteiger partial charge in [0, 0.05) is 12.6 Å². The highest BCUT2D eigenvalue weighted by atomic mass is 16.6. The van der Waals surface area contributed by atoms with Gasteiger partial charge in [-0.15, -0.1) is 0 Å². The molecule has 6 rings (SSSR count). The Hall–Kier alpha value is -4.39. The number of carbonyl (C=O) groups excluding carboxylic acids is 1. The van der Waals surface area contributed by atoms with Gasteiger partial charge in [-0.05, 0) is 78.0 Å². The van der Waals surface area contributed by atoms with Crippen molar-refractivity contribution in [2.75, 3.05) is 5.32 Å². The van der Waals surface area contributed by atoms with E-state index in [1.165, 1.54) is 16.7 Å². The lowest BCUT2D eigenvalue weighted by atomic mass is 9.86. The van der Waals surface area contributed by atoms with Crippen molar-refractivity contribution in [2.24, 2.45) is 7.05 Å². The lowest BCUT2D eigenvalue weighted by Crippen LogP contribution is -2.21. The first kappa shape index (κ1) is 24.9. The van der Waals surface area contributed by atoms with Crippen LogP contribution in [0.5, 0.6) is 0 Å². The maximum atomic E-state index is 12.7. The fraction of sp³-hybridized carbons (Fsp3) is 0.281. The van der Waals surface area contributed by atoms with Gasteiger partial charge in [0.15, 0.2) is 0 Å². The Morgan fingerprint density at radius 2 is 1.62 bits per heavy atom. The van der Waals surface area contributed by atoms with Crippen molar-refractivity contribution in [1.82, 2.24) is 9.78 Å². The van der Waals surface area contributed by atoms with E-state index >= 15 is 0 Å². The van der Waals surface area contributed by atoms with E-state index in [4.69, 9.17) is 4.74 Å². The van der Waals surface area contributed by atoms with Gasteiger partial charge in [-0.2, -0.15) is 5.10 Å². The number of nitrogens with one attached hydrogen (secondary N) is 1. The van der Waals surface area contributed by atoms with Crippen LogP contribution >= 0.6 is 0 Å². The molecule has 2 N–H and O–H groups in total. The van der Waals surface area contributed by atoms with E-state index in [9.17, 15) is 14.7 Å². The Morgan fingerprint density at radius 1 is 0.949 bits per heavy atom. The smallest absolute Gasteiger partial charge is 0.413 e. The second-order valence-electron chi connectivity index (χ2n) is 10.5. The highest BCUT2D eigenvalue weighted by Gasteiger charge is 2.53. The number of amides is 1. The molecule has 1 fully saturated rings. The van der Waals surface area contributed by atoms with Crippen molar-refractivity contribution in [3.05, 3.63) is 95.2 Å². The van der Waals surface area contributed by atoms with E-state index in [0.717, 1.165) is 59.9 Å². The number of aliphatic carboxylic acids is 1. The molecule has 1 saturated carbocycles. The van der Waals surface area contributed by atoms with Crippen molar-refractivity contribution in [1.29, 1.82) is 0 Å². The number of aryl methyl sites for hydroxylation is 1. The van der Waals surface area contributed by atoms with E-state index in [2.05, 4.69) is 28.6 Å². The van der Waals surface area contributed by atoms with E-state index < -0.39 is 17.5 Å². The highest BCUT2D eigenvalue weighted by molar-refractivity contribution is 5.90. The van der Waals surface area contributed by atoms with Crippen LogP contribution in [0.25, 0.3) is 22.3 Å². The average Bonchev–Trinajstić information content (AvgIpc) is 3.48. The number of benzene rings is 3. The first-order valence-corrected chi connectivity index (χ1v) is 13.4. The Balaban J connectivity index is 1.23. The van der Waals surface area contributed by atoms with Gasteiger partial charge in [0.25, 0.3) is 0 Å². The van der Waals surface area contributed by atoms with Crippen LogP contribution in [0.15, 0.2) is 72.9 Å². The maximum absolute atomic E-state index is 12.7. The summed E-state index contributed by atoms with van der Waals surface area (Å²) < 4.78 is 7.22. The first-order chi connectivity index (χ1) is 18.9. The third kappa shape index (κ3) is 4.48. The molecular weight excluding hydrogens is 490 g/mol. The quantitative estimate of drug-likeness (QED) is 0.283. The Bertz CT molecular complexity index is 1550. The van der Waals surface area contributed by atoms with Gasteiger partial charge in [0.05, 0.1) is 11.6 Å². The summed E-state index contributed by atoms with van der Waals surface area (Å²) in [7, 11) is 1.78. The molecule has 7 heteroatoms. The molecule has 0 saturated heterocycles. The molecule has 0 aliphatic heterocycles. The minimum absolute atomic E-state index is 0.388. The number of nitrogens with zero attached hydrogens (tertiary/aromatic N) is 2. The van der Waals surface area contributed by atoms with Crippen molar-refractivity contribution in [2.45, 2.75) is 50.5 Å². The summed E-state index contributed by atoms with van der Waals surface area (Å²) in [6, 6.07) is 22.0. The van der Waals surface area contributed by atoms with Gasteiger partial charge in [-0.1, -0.05) is 66.7 Å². The van der Waals surface area contributed by atoms with Crippen molar-refractivity contribution in [3.8, 4) is 22.3 Å². The van der Waals surface area contributed by atoms with Crippen molar-refractivity contribution in [3.63, 3.8) is 0 Å². The van der Waals surface area contributed by atoms with Crippen LogP contribution in [-0.2, 0) is 34.8 Å². The molecular formula is C32H31N3O4. The van der Waals surface area contributed by atoms with Crippen molar-refractivity contribution >= 4 is 17.9 Å². The molecule has 4 aromatic rings. The average molecular weight is 522 g/mol. The molecule has 1 atom stereocenters. The number of ether oxygens (including phenoxy) is 1. The van der Waals surface area contributed by atoms with Crippen LogP contribution in [0.4, 0.5) is 10.6 Å². The van der Waals surface area contributed by atoms with Gasteiger partial charge in [-0.25, -0.2) is 4.79 Å². The number of fused-ring (bicyclic) bond motifs is 1. The molecule has 0 unspecified atom stereocenters. The molecule has 1 aromatic heterocycles. The second kappa shape index (κ2) is 9.73. The third-order valence-corrected chi connectivity index (χ3v) is 8.18. The van der Waals surface area contributed by atoms with Crippen LogP contribution in [-0.4, -0.2) is 26.9 Å². The lowest BCUT2D eigenvalue weighted by Gasteiger charge is -2.18. The summed E-state index contributed by atoms with van der Waals surface area (Å²) in [5.74, 6) is -0.144. The first-order valence-electron chi connectivity index (χ1n) is 13.4. The molecule has 1 heterocycles. The molecule has 1 amide bonds. The molecule has 0 radical (unpaired) electrons. The van der Waals surface area contributed by atoms with Crippen molar-refractivity contribution < 1.29 is 19.4 Å². The van der Waals surface area contributed by atoms with Crippen LogP contribution in [0, 0.1) is 0 Å². The number of rotatable bonds is 7. The summed E-state index contributed by atoms with van der Waals surface area (Å²) in [6.45, 7) is 1.84. The molecule has 2 aliphatic rings. The molecule has 0 spiro atoms. The Kier molecular flexibility index (Phi) is 6.22. The van der Waals surface area contributed by atoms with Crippen LogP contribution in [0.3, 0.4) is 0 Å². The lowest BCUT2D eigenvalue weighted by molar-refractivity contribution is -0.140. The summed E-state index contributed by atoms with van der Waals surface area (Å²) in [4.78, 5) is 24.7. The SMILES string of the molecule is C[C@@H](OC(=O)Nc1c(-c2ccc(-c3ccc(C4(C(=O)O)CC4)c4c3CCC4)cc2)cnn1C)c1ccccc1. The molecule has 2 aliphatic carbocycles. The summed E-state index contributed by atoms with van der Waals surface area (Å²) >= 11 is 0. The number of carboxylic acids is 1. The minimum Gasteiger partial charge on any atom is -0.481 e. The fourth-order valence-electron chi connectivity index (χ4n) is 5.85. The zero-order valence-corrected chi connectivity index (χ0v) is 22.1. The van der Waals surface area contributed by atoms with E-state index in [-0.39, 0.29) is 6.10 Å². The fourth-order valence-corrected chi connectivity index (χ4v) is 5.85. The van der Waals surface area contributed by atoms with Crippen LogP contribution in [0.2, 0.25) is 0 Å². The number of hydrogen-bond donors (Lipinski definition) is 2.